The van der Waals surface area contributed by atoms with E-state index in [4.69, 9.17) is 17.3 Å². The van der Waals surface area contributed by atoms with Gasteiger partial charge in [0.2, 0.25) is 0 Å². The predicted molar refractivity (Wildman–Crippen MR) is 80.3 cm³/mol. The largest absolute Gasteiger partial charge is 0.327 e. The lowest BCUT2D eigenvalue weighted by Gasteiger charge is -2.12. The van der Waals surface area contributed by atoms with Crippen molar-refractivity contribution in [3.8, 4) is 0 Å². The summed E-state index contributed by atoms with van der Waals surface area (Å²) in [5.41, 5.74) is 6.70. The van der Waals surface area contributed by atoms with Gasteiger partial charge in [-0.1, -0.05) is 41.9 Å². The van der Waals surface area contributed by atoms with Gasteiger partial charge in [-0.05, 0) is 30.2 Å². The van der Waals surface area contributed by atoms with E-state index in [1.165, 1.54) is 6.07 Å². The highest BCUT2D eigenvalue weighted by atomic mass is 35.5. The first kappa shape index (κ1) is 14.4. The van der Waals surface area contributed by atoms with E-state index in [1.807, 2.05) is 30.3 Å². The van der Waals surface area contributed by atoms with Crippen molar-refractivity contribution in [2.75, 3.05) is 5.75 Å². The third kappa shape index (κ3) is 4.23. The molecule has 0 amide bonds. The lowest BCUT2D eigenvalue weighted by molar-refractivity contribution is 0.597. The molecular formula is C15H15ClFNS. The van der Waals surface area contributed by atoms with Gasteiger partial charge in [0.1, 0.15) is 5.82 Å². The SMILES string of the molecule is NC(CSc1ccccc1Cl)Cc1ccccc1F. The summed E-state index contributed by atoms with van der Waals surface area (Å²) < 4.78 is 13.5. The predicted octanol–water partition coefficient (Wildman–Crippen LogP) is 4.14. The number of halogens is 2. The number of thioether (sulfide) groups is 1. The highest BCUT2D eigenvalue weighted by molar-refractivity contribution is 7.99. The van der Waals surface area contributed by atoms with E-state index in [9.17, 15) is 4.39 Å². The molecule has 0 aliphatic heterocycles. The molecule has 0 spiro atoms. The molecular weight excluding hydrogens is 281 g/mol. The van der Waals surface area contributed by atoms with Crippen LogP contribution in [0.1, 0.15) is 5.56 Å². The zero-order valence-electron chi connectivity index (χ0n) is 10.4. The van der Waals surface area contributed by atoms with Crippen molar-refractivity contribution in [1.82, 2.24) is 0 Å². The Bertz CT molecular complexity index is 547. The van der Waals surface area contributed by atoms with Crippen molar-refractivity contribution < 1.29 is 4.39 Å². The van der Waals surface area contributed by atoms with E-state index in [0.29, 0.717) is 17.7 Å². The highest BCUT2D eigenvalue weighted by Crippen LogP contribution is 2.27. The molecule has 4 heteroatoms. The van der Waals surface area contributed by atoms with Crippen molar-refractivity contribution in [2.45, 2.75) is 17.4 Å². The Morgan fingerprint density at radius 1 is 1.11 bits per heavy atom. The normalized spacial score (nSPS) is 12.4. The Morgan fingerprint density at radius 2 is 1.79 bits per heavy atom. The average molecular weight is 296 g/mol. The van der Waals surface area contributed by atoms with Crippen LogP contribution in [0.5, 0.6) is 0 Å². The first-order valence-electron chi connectivity index (χ1n) is 6.03. The summed E-state index contributed by atoms with van der Waals surface area (Å²) in [6, 6.07) is 14.3. The molecule has 2 aromatic carbocycles. The molecule has 19 heavy (non-hydrogen) atoms. The van der Waals surface area contributed by atoms with Crippen LogP contribution in [0.2, 0.25) is 5.02 Å². The summed E-state index contributed by atoms with van der Waals surface area (Å²) >= 11 is 7.67. The standard InChI is InChI=1S/C15H15ClFNS/c16-13-6-2-4-8-15(13)19-10-12(18)9-11-5-1-3-7-14(11)17/h1-8,12H,9-10,18H2. The van der Waals surface area contributed by atoms with Crippen molar-refractivity contribution in [2.24, 2.45) is 5.73 Å². The minimum Gasteiger partial charge on any atom is -0.327 e. The molecule has 0 aromatic heterocycles. The van der Waals surface area contributed by atoms with E-state index < -0.39 is 0 Å². The van der Waals surface area contributed by atoms with Crippen LogP contribution in [0, 0.1) is 5.82 Å². The molecule has 0 heterocycles. The fraction of sp³-hybridized carbons (Fsp3) is 0.200. The Hall–Kier alpha value is -1.03. The first-order valence-corrected chi connectivity index (χ1v) is 7.39. The molecule has 0 radical (unpaired) electrons. The van der Waals surface area contributed by atoms with Gasteiger partial charge in [-0.25, -0.2) is 4.39 Å². The van der Waals surface area contributed by atoms with Gasteiger partial charge in [0.15, 0.2) is 0 Å². The second-order valence-corrected chi connectivity index (χ2v) is 5.77. The van der Waals surface area contributed by atoms with Gasteiger partial charge in [-0.15, -0.1) is 11.8 Å². The van der Waals surface area contributed by atoms with Crippen LogP contribution in [-0.2, 0) is 6.42 Å². The minimum atomic E-state index is -0.194. The van der Waals surface area contributed by atoms with Crippen LogP contribution in [0.15, 0.2) is 53.4 Å². The molecule has 100 valence electrons. The molecule has 2 aromatic rings. The third-order valence-corrected chi connectivity index (χ3v) is 4.43. The van der Waals surface area contributed by atoms with Crippen LogP contribution in [0.3, 0.4) is 0 Å². The van der Waals surface area contributed by atoms with Gasteiger partial charge in [0.05, 0.1) is 5.02 Å². The van der Waals surface area contributed by atoms with Gasteiger partial charge < -0.3 is 5.73 Å². The van der Waals surface area contributed by atoms with Crippen LogP contribution in [0.4, 0.5) is 4.39 Å². The molecule has 2 N–H and O–H groups in total. The van der Waals surface area contributed by atoms with Crippen LogP contribution >= 0.6 is 23.4 Å². The second kappa shape index (κ2) is 6.94. The molecule has 0 saturated heterocycles. The maximum absolute atomic E-state index is 13.5. The van der Waals surface area contributed by atoms with E-state index in [-0.39, 0.29) is 11.9 Å². The number of hydrogen-bond acceptors (Lipinski definition) is 2. The van der Waals surface area contributed by atoms with Crippen molar-refractivity contribution in [1.29, 1.82) is 0 Å². The summed E-state index contributed by atoms with van der Waals surface area (Å²) in [4.78, 5) is 1.01. The topological polar surface area (TPSA) is 26.0 Å². The maximum Gasteiger partial charge on any atom is 0.126 e. The average Bonchev–Trinajstić information content (AvgIpc) is 2.40. The van der Waals surface area contributed by atoms with Crippen molar-refractivity contribution in [3.63, 3.8) is 0 Å². The smallest absolute Gasteiger partial charge is 0.126 e. The molecule has 0 aliphatic rings. The third-order valence-electron chi connectivity index (χ3n) is 2.73. The van der Waals surface area contributed by atoms with E-state index in [2.05, 4.69) is 0 Å². The molecule has 0 fully saturated rings. The zero-order valence-corrected chi connectivity index (χ0v) is 11.9. The lowest BCUT2D eigenvalue weighted by atomic mass is 10.1. The molecule has 2 rings (SSSR count). The zero-order chi connectivity index (χ0) is 13.7. The molecule has 0 bridgehead atoms. The molecule has 1 unspecified atom stereocenters. The Morgan fingerprint density at radius 3 is 2.53 bits per heavy atom. The van der Waals surface area contributed by atoms with Crippen LogP contribution in [-0.4, -0.2) is 11.8 Å². The van der Waals surface area contributed by atoms with Crippen molar-refractivity contribution >= 4 is 23.4 Å². The Kier molecular flexibility index (Phi) is 5.25. The summed E-state index contributed by atoms with van der Waals surface area (Å²) in [6.07, 6.45) is 0.532. The van der Waals surface area contributed by atoms with Gasteiger partial charge >= 0.3 is 0 Å². The minimum absolute atomic E-state index is 0.0989. The maximum atomic E-state index is 13.5. The quantitative estimate of drug-likeness (QED) is 0.839. The highest BCUT2D eigenvalue weighted by Gasteiger charge is 2.09. The number of rotatable bonds is 5. The first-order chi connectivity index (χ1) is 9.16. The number of hydrogen-bond donors (Lipinski definition) is 1. The van der Waals surface area contributed by atoms with Crippen LogP contribution in [0.25, 0.3) is 0 Å². The van der Waals surface area contributed by atoms with E-state index in [1.54, 1.807) is 23.9 Å². The van der Waals surface area contributed by atoms with E-state index >= 15 is 0 Å². The fourth-order valence-electron chi connectivity index (χ4n) is 1.76. The summed E-state index contributed by atoms with van der Waals surface area (Å²) in [7, 11) is 0. The van der Waals surface area contributed by atoms with E-state index in [0.717, 1.165) is 9.92 Å². The van der Waals surface area contributed by atoms with Gasteiger partial charge in [-0.3, -0.25) is 0 Å². The molecule has 1 atom stereocenters. The Labute approximate surface area is 122 Å². The molecule has 0 saturated carbocycles. The summed E-state index contributed by atoms with van der Waals surface area (Å²) in [5.74, 6) is 0.513. The number of benzene rings is 2. The second-order valence-electron chi connectivity index (χ2n) is 4.30. The van der Waals surface area contributed by atoms with Gasteiger partial charge in [0, 0.05) is 16.7 Å². The van der Waals surface area contributed by atoms with Gasteiger partial charge in [-0.2, -0.15) is 0 Å². The molecule has 0 aliphatic carbocycles. The number of nitrogens with two attached hydrogens (primary N) is 1. The molecule has 1 nitrogen and oxygen atoms in total. The summed E-state index contributed by atoms with van der Waals surface area (Å²) in [5, 5.41) is 0.727. The van der Waals surface area contributed by atoms with Crippen LogP contribution < -0.4 is 5.73 Å². The fourth-order valence-corrected chi connectivity index (χ4v) is 2.96. The monoisotopic (exact) mass is 295 g/mol. The summed E-state index contributed by atoms with van der Waals surface area (Å²) in [6.45, 7) is 0. The van der Waals surface area contributed by atoms with Gasteiger partial charge in [0.25, 0.3) is 0 Å². The Balaban J connectivity index is 1.90. The van der Waals surface area contributed by atoms with Crippen molar-refractivity contribution in [3.05, 3.63) is 64.9 Å². The lowest BCUT2D eigenvalue weighted by Crippen LogP contribution is -2.26.